The zero-order chi connectivity index (χ0) is 18.2. The highest BCUT2D eigenvalue weighted by Gasteiger charge is 2.34. The summed E-state index contributed by atoms with van der Waals surface area (Å²) >= 11 is 1.11. The van der Waals surface area contributed by atoms with Crippen molar-refractivity contribution in [3.8, 4) is 0 Å². The normalized spacial score (nSPS) is 11.6. The second kappa shape index (κ2) is 6.16. The lowest BCUT2D eigenvalue weighted by molar-refractivity contribution is -0.144. The highest BCUT2D eigenvalue weighted by Crippen LogP contribution is 2.28. The molecule has 0 aliphatic heterocycles. The van der Waals surface area contributed by atoms with Crippen LogP contribution in [0.25, 0.3) is 11.0 Å². The van der Waals surface area contributed by atoms with Crippen molar-refractivity contribution < 1.29 is 22.8 Å². The van der Waals surface area contributed by atoms with Gasteiger partial charge in [0.25, 0.3) is 5.91 Å². The maximum atomic E-state index is 12.7. The number of hydrogen-bond donors (Lipinski definition) is 3. The molecule has 0 bridgehead atoms. The minimum absolute atomic E-state index is 0.0489. The zero-order valence-corrected chi connectivity index (χ0v) is 13.2. The van der Waals surface area contributed by atoms with E-state index < -0.39 is 23.8 Å². The maximum Gasteiger partial charge on any atom is 0.449 e. The number of carbonyl (C=O) groups is 2. The molecular weight excluding hydrogens is 359 g/mol. The van der Waals surface area contributed by atoms with Crippen LogP contribution in [0.15, 0.2) is 23.6 Å². The molecule has 0 unspecified atom stereocenters. The number of hydrogen-bond acceptors (Lipinski definition) is 5. The first-order chi connectivity index (χ1) is 11.7. The van der Waals surface area contributed by atoms with Gasteiger partial charge in [-0.25, -0.2) is 9.97 Å². The molecule has 0 aliphatic carbocycles. The third-order valence-electron chi connectivity index (χ3n) is 3.14. The van der Waals surface area contributed by atoms with E-state index in [1.165, 1.54) is 18.2 Å². The minimum Gasteiger partial charge on any atom is -0.369 e. The number of H-pyrrole nitrogens is 1. The fraction of sp³-hybridized carbons (Fsp3) is 0.143. The Bertz CT molecular complexity index is 963. The van der Waals surface area contributed by atoms with Crippen LogP contribution in [-0.4, -0.2) is 26.8 Å². The highest BCUT2D eigenvalue weighted by atomic mass is 32.1. The molecule has 0 saturated heterocycles. The fourth-order valence-electron chi connectivity index (χ4n) is 2.08. The van der Waals surface area contributed by atoms with Gasteiger partial charge in [-0.2, -0.15) is 13.2 Å². The summed E-state index contributed by atoms with van der Waals surface area (Å²) in [5, 5.41) is 4.34. The topological polar surface area (TPSA) is 114 Å². The van der Waals surface area contributed by atoms with Gasteiger partial charge in [0, 0.05) is 10.9 Å². The van der Waals surface area contributed by atoms with Crippen LogP contribution in [0, 0.1) is 0 Å². The van der Waals surface area contributed by atoms with E-state index in [-0.39, 0.29) is 28.1 Å². The summed E-state index contributed by atoms with van der Waals surface area (Å²) in [6, 6.07) is 3.94. The Balaban J connectivity index is 1.80. The predicted molar refractivity (Wildman–Crippen MR) is 84.1 cm³/mol. The predicted octanol–water partition coefficient (Wildman–Crippen LogP) is 2.32. The number of fused-ring (bicyclic) bond motifs is 1. The third-order valence-corrected chi connectivity index (χ3v) is 3.95. The Morgan fingerprint density at radius 3 is 2.72 bits per heavy atom. The van der Waals surface area contributed by atoms with Gasteiger partial charge in [0.1, 0.15) is 0 Å². The lowest BCUT2D eigenvalue weighted by Gasteiger charge is -2.01. The molecule has 2 amide bonds. The van der Waals surface area contributed by atoms with Gasteiger partial charge in [-0.1, -0.05) is 0 Å². The molecule has 3 rings (SSSR count). The number of anilines is 1. The number of halogens is 3. The second-order valence-corrected chi connectivity index (χ2v) is 5.91. The van der Waals surface area contributed by atoms with Crippen molar-refractivity contribution in [3.63, 3.8) is 0 Å². The van der Waals surface area contributed by atoms with Gasteiger partial charge in [0.05, 0.1) is 23.1 Å². The van der Waals surface area contributed by atoms with E-state index in [1.807, 2.05) is 0 Å². The fourth-order valence-corrected chi connectivity index (χ4v) is 2.78. The number of carbonyl (C=O) groups excluding carboxylic acids is 2. The molecule has 2 heterocycles. The molecule has 0 saturated carbocycles. The molecule has 3 aromatic rings. The van der Waals surface area contributed by atoms with E-state index in [0.717, 1.165) is 11.3 Å². The van der Waals surface area contributed by atoms with Gasteiger partial charge in [-0.3, -0.25) is 14.9 Å². The van der Waals surface area contributed by atoms with Gasteiger partial charge in [-0.05, 0) is 18.2 Å². The molecule has 0 fully saturated rings. The van der Waals surface area contributed by atoms with Crippen molar-refractivity contribution in [2.24, 2.45) is 5.73 Å². The van der Waals surface area contributed by atoms with Crippen molar-refractivity contribution in [2.45, 2.75) is 12.6 Å². The molecule has 130 valence electrons. The molecule has 11 heteroatoms. The third kappa shape index (κ3) is 3.76. The first-order valence-corrected chi connectivity index (χ1v) is 7.71. The Morgan fingerprint density at radius 2 is 2.04 bits per heavy atom. The van der Waals surface area contributed by atoms with E-state index in [1.54, 1.807) is 5.38 Å². The number of aromatic nitrogens is 3. The van der Waals surface area contributed by atoms with Crippen molar-refractivity contribution in [2.75, 3.05) is 5.32 Å². The number of alkyl halides is 3. The largest absolute Gasteiger partial charge is 0.449 e. The first kappa shape index (κ1) is 16.9. The molecule has 4 N–H and O–H groups in total. The molecule has 0 radical (unpaired) electrons. The number of primary amides is 1. The van der Waals surface area contributed by atoms with Crippen LogP contribution in [0.4, 0.5) is 18.3 Å². The molecule has 0 atom stereocenters. The number of nitrogens with two attached hydrogens (primary N) is 1. The molecule has 0 spiro atoms. The van der Waals surface area contributed by atoms with E-state index in [0.29, 0.717) is 5.69 Å². The monoisotopic (exact) mass is 369 g/mol. The number of benzene rings is 1. The molecule has 7 nitrogen and oxygen atoms in total. The van der Waals surface area contributed by atoms with Gasteiger partial charge < -0.3 is 10.7 Å². The van der Waals surface area contributed by atoms with E-state index >= 15 is 0 Å². The zero-order valence-electron chi connectivity index (χ0n) is 12.3. The number of aromatic amines is 1. The quantitative estimate of drug-likeness (QED) is 0.655. The molecule has 1 aromatic carbocycles. The van der Waals surface area contributed by atoms with Crippen LogP contribution in [0.1, 0.15) is 21.9 Å². The SMILES string of the molecule is NC(=O)Cc1csc(NC(=O)c2ccc3nc(C(F)(F)F)[nH]c3c2)n1. The number of nitrogens with zero attached hydrogens (tertiary/aromatic N) is 2. The van der Waals surface area contributed by atoms with Gasteiger partial charge in [0.2, 0.25) is 11.7 Å². The standard InChI is InChI=1S/C14H10F3N5O2S/c15-14(16,17)12-20-8-2-1-6(3-9(8)21-12)11(24)22-13-19-7(5-25-13)4-10(18)23/h1-3,5H,4H2,(H2,18,23)(H,20,21)(H,19,22,24). The van der Waals surface area contributed by atoms with E-state index in [2.05, 4.69) is 20.3 Å². The van der Waals surface area contributed by atoms with E-state index in [4.69, 9.17) is 5.73 Å². The smallest absolute Gasteiger partial charge is 0.369 e. The molecule has 25 heavy (non-hydrogen) atoms. The van der Waals surface area contributed by atoms with Crippen molar-refractivity contribution >= 4 is 39.3 Å². The summed E-state index contributed by atoms with van der Waals surface area (Å²) < 4.78 is 38.0. The summed E-state index contributed by atoms with van der Waals surface area (Å²) in [6.45, 7) is 0. The number of imidazole rings is 1. The number of nitrogens with one attached hydrogen (secondary N) is 2. The summed E-state index contributed by atoms with van der Waals surface area (Å²) in [6.07, 6.45) is -4.65. The van der Waals surface area contributed by atoms with Gasteiger partial charge >= 0.3 is 6.18 Å². The van der Waals surface area contributed by atoms with Crippen molar-refractivity contribution in [3.05, 3.63) is 40.7 Å². The molecular formula is C14H10F3N5O2S. The average Bonchev–Trinajstić information content (AvgIpc) is 3.11. The number of thiazole rings is 1. The van der Waals surface area contributed by atoms with Crippen LogP contribution in [-0.2, 0) is 17.4 Å². The number of amides is 2. The average molecular weight is 369 g/mol. The highest BCUT2D eigenvalue weighted by molar-refractivity contribution is 7.14. The van der Waals surface area contributed by atoms with E-state index in [9.17, 15) is 22.8 Å². The van der Waals surface area contributed by atoms with Crippen molar-refractivity contribution in [1.29, 1.82) is 0 Å². The Labute approximate surface area is 142 Å². The van der Waals surface area contributed by atoms with Crippen LogP contribution in [0.3, 0.4) is 0 Å². The Hall–Kier alpha value is -2.95. The summed E-state index contributed by atoms with van der Waals surface area (Å²) in [7, 11) is 0. The van der Waals surface area contributed by atoms with Crippen LogP contribution >= 0.6 is 11.3 Å². The Kier molecular flexibility index (Phi) is 4.17. The van der Waals surface area contributed by atoms with Crippen LogP contribution < -0.4 is 11.1 Å². The second-order valence-electron chi connectivity index (χ2n) is 5.06. The Morgan fingerprint density at radius 1 is 1.28 bits per heavy atom. The molecule has 2 aromatic heterocycles. The summed E-state index contributed by atoms with van der Waals surface area (Å²) in [5.74, 6) is -2.23. The van der Waals surface area contributed by atoms with Crippen LogP contribution in [0.5, 0.6) is 0 Å². The van der Waals surface area contributed by atoms with Crippen LogP contribution in [0.2, 0.25) is 0 Å². The minimum atomic E-state index is -4.60. The molecule has 0 aliphatic rings. The summed E-state index contributed by atoms with van der Waals surface area (Å²) in [5.41, 5.74) is 5.81. The first-order valence-electron chi connectivity index (χ1n) is 6.83. The number of rotatable bonds is 4. The van der Waals surface area contributed by atoms with Crippen molar-refractivity contribution in [1.82, 2.24) is 15.0 Å². The van der Waals surface area contributed by atoms with Gasteiger partial charge in [0.15, 0.2) is 5.13 Å². The lowest BCUT2D eigenvalue weighted by Crippen LogP contribution is -2.14. The van der Waals surface area contributed by atoms with Gasteiger partial charge in [-0.15, -0.1) is 11.3 Å². The lowest BCUT2D eigenvalue weighted by atomic mass is 10.2. The maximum absolute atomic E-state index is 12.7. The summed E-state index contributed by atoms with van der Waals surface area (Å²) in [4.78, 5) is 32.6.